The molecule has 2 atom stereocenters. The van der Waals surface area contributed by atoms with E-state index in [4.69, 9.17) is 27.9 Å². The molecule has 144 valence electrons. The second-order valence-corrected chi connectivity index (χ2v) is 7.60. The van der Waals surface area contributed by atoms with Gasteiger partial charge in [-0.15, -0.1) is 0 Å². The molecule has 0 spiro atoms. The Bertz CT molecular complexity index is 790. The van der Waals surface area contributed by atoms with Gasteiger partial charge in [-0.3, -0.25) is 9.59 Å². The van der Waals surface area contributed by atoms with Crippen LogP contribution in [-0.4, -0.2) is 18.5 Å². The van der Waals surface area contributed by atoms with Gasteiger partial charge in [-0.1, -0.05) is 61.3 Å². The molecule has 0 radical (unpaired) electrons. The molecule has 2 aromatic rings. The number of rotatable bonds is 7. The summed E-state index contributed by atoms with van der Waals surface area (Å²) >= 11 is 11.9. The highest BCUT2D eigenvalue weighted by Gasteiger charge is 2.26. The monoisotopic (exact) mass is 407 g/mol. The van der Waals surface area contributed by atoms with Crippen LogP contribution in [0.5, 0.6) is 0 Å². The minimum atomic E-state index is -0.458. The summed E-state index contributed by atoms with van der Waals surface area (Å²) in [4.78, 5) is 24.7. The molecule has 0 aliphatic rings. The van der Waals surface area contributed by atoms with E-state index in [1.807, 2.05) is 32.9 Å². The zero-order valence-electron chi connectivity index (χ0n) is 15.5. The second-order valence-electron chi connectivity index (χ2n) is 6.73. The first-order valence-corrected chi connectivity index (χ1v) is 9.50. The SMILES string of the molecule is CC(C)[C@H](C(=O)OCC(=O)N[C@H](C)c1cccc(Cl)c1)c1ccc(Cl)cc1. The van der Waals surface area contributed by atoms with Crippen LogP contribution >= 0.6 is 23.2 Å². The standard InChI is InChI=1S/C21H23Cl2NO3/c1-13(2)20(15-7-9-17(22)10-8-15)21(26)27-12-19(25)24-14(3)16-5-4-6-18(23)11-16/h4-11,13-14,20H,12H2,1-3H3,(H,24,25)/t14-,20+/m1/s1. The van der Waals surface area contributed by atoms with E-state index in [0.717, 1.165) is 11.1 Å². The summed E-state index contributed by atoms with van der Waals surface area (Å²) in [5.74, 6) is -1.24. The van der Waals surface area contributed by atoms with Crippen LogP contribution in [0.2, 0.25) is 10.0 Å². The Hall–Kier alpha value is -2.04. The number of benzene rings is 2. The minimum Gasteiger partial charge on any atom is -0.455 e. The molecule has 0 fully saturated rings. The van der Waals surface area contributed by atoms with Crippen LogP contribution in [0.1, 0.15) is 43.9 Å². The maximum Gasteiger partial charge on any atom is 0.314 e. The Labute approximate surface area is 169 Å². The highest BCUT2D eigenvalue weighted by Crippen LogP contribution is 2.27. The van der Waals surface area contributed by atoms with Crippen molar-refractivity contribution in [3.05, 3.63) is 69.7 Å². The molecule has 0 heterocycles. The molecule has 0 saturated heterocycles. The number of hydrogen-bond donors (Lipinski definition) is 1. The van der Waals surface area contributed by atoms with Gasteiger partial charge >= 0.3 is 5.97 Å². The zero-order valence-corrected chi connectivity index (χ0v) is 17.1. The fourth-order valence-corrected chi connectivity index (χ4v) is 3.16. The van der Waals surface area contributed by atoms with E-state index in [1.165, 1.54) is 0 Å². The first-order chi connectivity index (χ1) is 12.8. The van der Waals surface area contributed by atoms with Gasteiger partial charge in [-0.05, 0) is 48.2 Å². The summed E-state index contributed by atoms with van der Waals surface area (Å²) in [5, 5.41) is 4.00. The molecule has 0 unspecified atom stereocenters. The molecule has 0 saturated carbocycles. The Balaban J connectivity index is 1.94. The van der Waals surface area contributed by atoms with Gasteiger partial charge in [0.2, 0.25) is 0 Å². The summed E-state index contributed by atoms with van der Waals surface area (Å²) < 4.78 is 5.26. The van der Waals surface area contributed by atoms with Gasteiger partial charge in [0.05, 0.1) is 12.0 Å². The third-order valence-electron chi connectivity index (χ3n) is 4.22. The number of ether oxygens (including phenoxy) is 1. The largest absolute Gasteiger partial charge is 0.455 e. The molecule has 6 heteroatoms. The van der Waals surface area contributed by atoms with Crippen molar-refractivity contribution in [2.24, 2.45) is 5.92 Å². The summed E-state index contributed by atoms with van der Waals surface area (Å²) in [7, 11) is 0. The van der Waals surface area contributed by atoms with Crippen molar-refractivity contribution in [1.29, 1.82) is 0 Å². The Morgan fingerprint density at radius 1 is 0.963 bits per heavy atom. The minimum absolute atomic E-state index is 0.0205. The van der Waals surface area contributed by atoms with Gasteiger partial charge in [0, 0.05) is 10.0 Å². The van der Waals surface area contributed by atoms with Gasteiger partial charge in [-0.25, -0.2) is 0 Å². The molecule has 2 rings (SSSR count). The van der Waals surface area contributed by atoms with Crippen molar-refractivity contribution in [3.8, 4) is 0 Å². The van der Waals surface area contributed by atoms with Crippen LogP contribution < -0.4 is 5.32 Å². The third kappa shape index (κ3) is 6.26. The Kier molecular flexibility index (Phi) is 7.69. The van der Waals surface area contributed by atoms with Crippen molar-refractivity contribution in [1.82, 2.24) is 5.32 Å². The highest BCUT2D eigenvalue weighted by molar-refractivity contribution is 6.30. The maximum atomic E-state index is 12.5. The van der Waals surface area contributed by atoms with E-state index in [1.54, 1.807) is 36.4 Å². The van der Waals surface area contributed by atoms with Crippen LogP contribution in [0.25, 0.3) is 0 Å². The zero-order chi connectivity index (χ0) is 20.0. The summed E-state index contributed by atoms with van der Waals surface area (Å²) in [6.07, 6.45) is 0. The molecular formula is C21H23Cl2NO3. The van der Waals surface area contributed by atoms with Gasteiger partial charge in [0.15, 0.2) is 6.61 Å². The average molecular weight is 408 g/mol. The van der Waals surface area contributed by atoms with E-state index in [2.05, 4.69) is 5.32 Å². The number of esters is 1. The lowest BCUT2D eigenvalue weighted by atomic mass is 9.88. The lowest BCUT2D eigenvalue weighted by Gasteiger charge is -2.20. The average Bonchev–Trinajstić information content (AvgIpc) is 2.61. The smallest absolute Gasteiger partial charge is 0.314 e. The first-order valence-electron chi connectivity index (χ1n) is 8.75. The Morgan fingerprint density at radius 2 is 1.63 bits per heavy atom. The highest BCUT2D eigenvalue weighted by atomic mass is 35.5. The quantitative estimate of drug-likeness (QED) is 0.645. The van der Waals surface area contributed by atoms with Crippen molar-refractivity contribution >= 4 is 35.1 Å². The number of carbonyl (C=O) groups is 2. The molecule has 0 aromatic heterocycles. The lowest BCUT2D eigenvalue weighted by Crippen LogP contribution is -2.32. The van der Waals surface area contributed by atoms with E-state index in [-0.39, 0.29) is 24.5 Å². The normalized spacial score (nSPS) is 13.1. The van der Waals surface area contributed by atoms with E-state index in [9.17, 15) is 9.59 Å². The fraction of sp³-hybridized carbons (Fsp3) is 0.333. The molecule has 0 aliphatic carbocycles. The van der Waals surface area contributed by atoms with Crippen molar-refractivity contribution in [3.63, 3.8) is 0 Å². The van der Waals surface area contributed by atoms with Crippen LogP contribution in [0.15, 0.2) is 48.5 Å². The fourth-order valence-electron chi connectivity index (χ4n) is 2.83. The van der Waals surface area contributed by atoms with E-state index < -0.39 is 11.9 Å². The van der Waals surface area contributed by atoms with Crippen molar-refractivity contribution in [2.45, 2.75) is 32.7 Å². The number of halogens is 2. The van der Waals surface area contributed by atoms with Crippen LogP contribution in [0.3, 0.4) is 0 Å². The molecule has 1 amide bonds. The second kappa shape index (κ2) is 9.77. The molecule has 4 nitrogen and oxygen atoms in total. The summed E-state index contributed by atoms with van der Waals surface area (Å²) in [5.41, 5.74) is 1.69. The topological polar surface area (TPSA) is 55.4 Å². The maximum absolute atomic E-state index is 12.5. The summed E-state index contributed by atoms with van der Waals surface area (Å²) in [6, 6.07) is 14.1. The van der Waals surface area contributed by atoms with Gasteiger partial charge < -0.3 is 10.1 Å². The van der Waals surface area contributed by atoms with E-state index >= 15 is 0 Å². The van der Waals surface area contributed by atoms with Gasteiger partial charge in [0.25, 0.3) is 5.91 Å². The van der Waals surface area contributed by atoms with Crippen molar-refractivity contribution in [2.75, 3.05) is 6.61 Å². The van der Waals surface area contributed by atoms with Gasteiger partial charge in [-0.2, -0.15) is 0 Å². The number of hydrogen-bond acceptors (Lipinski definition) is 3. The molecule has 0 aliphatic heterocycles. The Morgan fingerprint density at radius 3 is 2.22 bits per heavy atom. The predicted molar refractivity (Wildman–Crippen MR) is 108 cm³/mol. The molecule has 2 aromatic carbocycles. The van der Waals surface area contributed by atoms with Gasteiger partial charge in [0.1, 0.15) is 0 Å². The molecular weight excluding hydrogens is 385 g/mol. The third-order valence-corrected chi connectivity index (χ3v) is 4.71. The van der Waals surface area contributed by atoms with Crippen LogP contribution in [-0.2, 0) is 14.3 Å². The molecule has 1 N–H and O–H groups in total. The van der Waals surface area contributed by atoms with E-state index in [0.29, 0.717) is 10.0 Å². The van der Waals surface area contributed by atoms with Crippen LogP contribution in [0, 0.1) is 5.92 Å². The number of nitrogens with one attached hydrogen (secondary N) is 1. The molecule has 0 bridgehead atoms. The summed E-state index contributed by atoms with van der Waals surface area (Å²) in [6.45, 7) is 5.38. The first kappa shape index (κ1) is 21.3. The lowest BCUT2D eigenvalue weighted by molar-refractivity contribution is -0.151. The van der Waals surface area contributed by atoms with Crippen molar-refractivity contribution < 1.29 is 14.3 Å². The predicted octanol–water partition coefficient (Wildman–Crippen LogP) is 5.15. The molecule has 27 heavy (non-hydrogen) atoms. The number of carbonyl (C=O) groups excluding carboxylic acids is 2. The van der Waals surface area contributed by atoms with Crippen LogP contribution in [0.4, 0.5) is 0 Å². The number of amides is 1.